The van der Waals surface area contributed by atoms with Crippen molar-refractivity contribution < 1.29 is 14.0 Å². The molecule has 25 heavy (non-hydrogen) atoms. The first-order chi connectivity index (χ1) is 12.2. The van der Waals surface area contributed by atoms with Crippen molar-refractivity contribution in [1.82, 2.24) is 9.88 Å². The van der Waals surface area contributed by atoms with Crippen LogP contribution in [-0.2, 0) is 4.84 Å². The molecule has 1 aromatic heterocycles. The molecule has 128 valence electrons. The molecule has 2 heterocycles. The predicted molar refractivity (Wildman–Crippen MR) is 92.8 cm³/mol. The van der Waals surface area contributed by atoms with Gasteiger partial charge in [-0.15, -0.1) is 6.58 Å². The minimum Gasteiger partial charge on any atom is -0.390 e. The van der Waals surface area contributed by atoms with E-state index < -0.39 is 5.82 Å². The van der Waals surface area contributed by atoms with Gasteiger partial charge in [-0.25, -0.2) is 4.39 Å². The monoisotopic (exact) mass is 339 g/mol. The molecule has 1 aliphatic heterocycles. The van der Waals surface area contributed by atoms with Gasteiger partial charge >= 0.3 is 0 Å². The maximum atomic E-state index is 13.4. The Morgan fingerprint density at radius 2 is 2.24 bits per heavy atom. The molecule has 0 fully saturated rings. The van der Waals surface area contributed by atoms with Crippen LogP contribution in [0, 0.1) is 5.82 Å². The van der Waals surface area contributed by atoms with Crippen molar-refractivity contribution in [3.8, 4) is 0 Å². The first-order valence-corrected chi connectivity index (χ1v) is 7.97. The number of amides is 1. The zero-order chi connectivity index (χ0) is 17.6. The summed E-state index contributed by atoms with van der Waals surface area (Å²) in [5.74, 6) is -0.712. The number of carbonyl (C=O) groups excluding carboxylic acids is 1. The van der Waals surface area contributed by atoms with Crippen molar-refractivity contribution >= 4 is 11.6 Å². The number of pyridine rings is 1. The molecule has 0 radical (unpaired) electrons. The van der Waals surface area contributed by atoms with E-state index >= 15 is 0 Å². The Morgan fingerprint density at radius 1 is 1.36 bits per heavy atom. The Balaban J connectivity index is 1.67. The van der Waals surface area contributed by atoms with Gasteiger partial charge in [0.15, 0.2) is 6.10 Å². The molecular weight excluding hydrogens is 321 g/mol. The van der Waals surface area contributed by atoms with E-state index in [1.54, 1.807) is 23.2 Å². The quantitative estimate of drug-likeness (QED) is 0.760. The lowest BCUT2D eigenvalue weighted by Crippen LogP contribution is -2.37. The summed E-state index contributed by atoms with van der Waals surface area (Å²) in [7, 11) is 0. The summed E-state index contributed by atoms with van der Waals surface area (Å²) in [6, 6.07) is 11.2. The fourth-order valence-electron chi connectivity index (χ4n) is 2.66. The Morgan fingerprint density at radius 3 is 2.96 bits per heavy atom. The third kappa shape index (κ3) is 4.09. The van der Waals surface area contributed by atoms with Gasteiger partial charge in [0, 0.05) is 24.7 Å². The van der Waals surface area contributed by atoms with Gasteiger partial charge in [-0.3, -0.25) is 9.78 Å². The van der Waals surface area contributed by atoms with Gasteiger partial charge in [-0.05, 0) is 30.3 Å². The van der Waals surface area contributed by atoms with Crippen LogP contribution in [0.1, 0.15) is 22.5 Å². The molecule has 1 aliphatic rings. The molecule has 1 amide bonds. The van der Waals surface area contributed by atoms with E-state index in [1.807, 2.05) is 18.2 Å². The van der Waals surface area contributed by atoms with E-state index in [0.29, 0.717) is 25.1 Å². The van der Waals surface area contributed by atoms with Gasteiger partial charge < -0.3 is 9.74 Å². The second-order valence-electron chi connectivity index (χ2n) is 5.69. The zero-order valence-corrected chi connectivity index (χ0v) is 13.6. The molecule has 0 spiro atoms. The third-order valence-corrected chi connectivity index (χ3v) is 3.83. The summed E-state index contributed by atoms with van der Waals surface area (Å²) in [5.41, 5.74) is 1.81. The minimum atomic E-state index is -0.442. The summed E-state index contributed by atoms with van der Waals surface area (Å²) >= 11 is 0. The third-order valence-electron chi connectivity index (χ3n) is 3.83. The number of nitrogens with zero attached hydrogens (tertiary/aromatic N) is 3. The van der Waals surface area contributed by atoms with Crippen LogP contribution in [0.2, 0.25) is 0 Å². The number of oxime groups is 1. The molecule has 1 unspecified atom stereocenters. The standard InChI is InChI=1S/C19H18FN3O2/c1-2-10-23(19(24)14-6-5-7-15(20)11-14)13-16-12-18(22-25-16)17-8-3-4-9-21-17/h2-9,11,16H,1,10,12-13H2. The Hall–Kier alpha value is -3.02. The van der Waals surface area contributed by atoms with Crippen LogP contribution in [0.4, 0.5) is 4.39 Å². The van der Waals surface area contributed by atoms with Gasteiger partial charge in [0.2, 0.25) is 0 Å². The molecule has 0 aliphatic carbocycles. The van der Waals surface area contributed by atoms with Crippen molar-refractivity contribution in [2.24, 2.45) is 5.16 Å². The second kappa shape index (κ2) is 7.70. The minimum absolute atomic E-state index is 0.269. The molecule has 1 atom stereocenters. The Bertz CT molecular complexity index is 792. The molecule has 0 saturated carbocycles. The lowest BCUT2D eigenvalue weighted by Gasteiger charge is -2.23. The topological polar surface area (TPSA) is 54.8 Å². The van der Waals surface area contributed by atoms with Gasteiger partial charge in [-0.1, -0.05) is 23.4 Å². The van der Waals surface area contributed by atoms with Crippen LogP contribution in [-0.4, -0.2) is 40.7 Å². The maximum Gasteiger partial charge on any atom is 0.254 e. The maximum absolute atomic E-state index is 13.4. The highest BCUT2D eigenvalue weighted by Crippen LogP contribution is 2.17. The molecule has 5 nitrogen and oxygen atoms in total. The van der Waals surface area contributed by atoms with Crippen LogP contribution in [0.15, 0.2) is 66.5 Å². The summed E-state index contributed by atoms with van der Waals surface area (Å²) in [4.78, 5) is 23.9. The number of rotatable bonds is 6. The van der Waals surface area contributed by atoms with Gasteiger partial charge in [0.05, 0.1) is 12.2 Å². The lowest BCUT2D eigenvalue weighted by molar-refractivity contribution is 0.0449. The number of hydrogen-bond donors (Lipinski definition) is 0. The number of aromatic nitrogens is 1. The van der Waals surface area contributed by atoms with E-state index in [1.165, 1.54) is 18.2 Å². The van der Waals surface area contributed by atoms with Gasteiger partial charge in [0.25, 0.3) is 5.91 Å². The van der Waals surface area contributed by atoms with E-state index in [-0.39, 0.29) is 12.0 Å². The van der Waals surface area contributed by atoms with Crippen molar-refractivity contribution in [2.45, 2.75) is 12.5 Å². The average Bonchev–Trinajstić information content (AvgIpc) is 3.10. The molecular formula is C19H18FN3O2. The van der Waals surface area contributed by atoms with Crippen molar-refractivity contribution in [1.29, 1.82) is 0 Å². The second-order valence-corrected chi connectivity index (χ2v) is 5.69. The first-order valence-electron chi connectivity index (χ1n) is 7.97. The number of hydrogen-bond acceptors (Lipinski definition) is 4. The smallest absolute Gasteiger partial charge is 0.254 e. The molecule has 2 aromatic rings. The van der Waals surface area contributed by atoms with E-state index in [0.717, 1.165) is 11.4 Å². The molecule has 3 rings (SSSR count). The fraction of sp³-hybridized carbons (Fsp3) is 0.211. The van der Waals surface area contributed by atoms with E-state index in [9.17, 15) is 9.18 Å². The summed E-state index contributed by atoms with van der Waals surface area (Å²) in [6.07, 6.45) is 3.62. The van der Waals surface area contributed by atoms with Crippen LogP contribution in [0.5, 0.6) is 0 Å². The molecule has 0 saturated heterocycles. The Kier molecular flexibility index (Phi) is 5.18. The predicted octanol–water partition coefficient (Wildman–Crippen LogP) is 3.04. The van der Waals surface area contributed by atoms with Crippen LogP contribution >= 0.6 is 0 Å². The van der Waals surface area contributed by atoms with Crippen molar-refractivity contribution in [2.75, 3.05) is 13.1 Å². The van der Waals surface area contributed by atoms with Crippen molar-refractivity contribution in [3.05, 3.63) is 78.4 Å². The highest BCUT2D eigenvalue weighted by atomic mass is 19.1. The SMILES string of the molecule is C=CCN(CC1CC(c2ccccn2)=NO1)C(=O)c1cccc(F)c1. The van der Waals surface area contributed by atoms with Crippen LogP contribution in [0.3, 0.4) is 0 Å². The summed E-state index contributed by atoms with van der Waals surface area (Å²) in [5, 5.41) is 4.08. The first kappa shape index (κ1) is 16.8. The van der Waals surface area contributed by atoms with Crippen LogP contribution in [0.25, 0.3) is 0 Å². The fourth-order valence-corrected chi connectivity index (χ4v) is 2.66. The average molecular weight is 339 g/mol. The highest BCUT2D eigenvalue weighted by molar-refractivity contribution is 5.99. The van der Waals surface area contributed by atoms with Crippen molar-refractivity contribution in [3.63, 3.8) is 0 Å². The molecule has 0 bridgehead atoms. The van der Waals surface area contributed by atoms with Crippen LogP contribution < -0.4 is 0 Å². The lowest BCUT2D eigenvalue weighted by atomic mass is 10.1. The molecule has 1 aromatic carbocycles. The number of halogens is 1. The Labute approximate surface area is 145 Å². The number of benzene rings is 1. The number of carbonyl (C=O) groups is 1. The summed E-state index contributed by atoms with van der Waals surface area (Å²) < 4.78 is 13.4. The normalized spacial score (nSPS) is 16.0. The molecule has 6 heteroatoms. The largest absolute Gasteiger partial charge is 0.390 e. The summed E-state index contributed by atoms with van der Waals surface area (Å²) in [6.45, 7) is 4.36. The zero-order valence-electron chi connectivity index (χ0n) is 13.6. The van der Waals surface area contributed by atoms with E-state index in [2.05, 4.69) is 16.7 Å². The van der Waals surface area contributed by atoms with Gasteiger partial charge in [-0.2, -0.15) is 0 Å². The van der Waals surface area contributed by atoms with Gasteiger partial charge in [0.1, 0.15) is 11.5 Å². The molecule has 0 N–H and O–H groups in total. The van der Waals surface area contributed by atoms with E-state index in [4.69, 9.17) is 4.84 Å². The highest BCUT2D eigenvalue weighted by Gasteiger charge is 2.27.